The van der Waals surface area contributed by atoms with Crippen molar-refractivity contribution < 1.29 is 16.8 Å². The molecule has 2 atom stereocenters. The molecule has 6 heteroatoms. The Balaban J connectivity index is 1.60. The van der Waals surface area contributed by atoms with Crippen molar-refractivity contribution in [2.24, 2.45) is 22.7 Å². The van der Waals surface area contributed by atoms with Crippen molar-refractivity contribution in [3.63, 3.8) is 0 Å². The van der Waals surface area contributed by atoms with Gasteiger partial charge in [-0.3, -0.25) is 0 Å². The molecule has 0 bridgehead atoms. The van der Waals surface area contributed by atoms with Gasteiger partial charge in [0.1, 0.15) is 0 Å². The number of rotatable bonds is 4. The molecule has 0 spiro atoms. The van der Waals surface area contributed by atoms with Crippen LogP contribution in [0.2, 0.25) is 0 Å². The van der Waals surface area contributed by atoms with E-state index in [2.05, 4.69) is 0 Å². The molecule has 4 nitrogen and oxygen atoms in total. The minimum atomic E-state index is -3.65. The number of benzene rings is 2. The van der Waals surface area contributed by atoms with Crippen LogP contribution in [-0.2, 0) is 19.7 Å². The lowest BCUT2D eigenvalue weighted by molar-refractivity contribution is 0.332. The van der Waals surface area contributed by atoms with Crippen LogP contribution >= 0.6 is 0 Å². The second-order valence-electron chi connectivity index (χ2n) is 8.25. The highest BCUT2D eigenvalue weighted by molar-refractivity contribution is 7.96. The van der Waals surface area contributed by atoms with Crippen molar-refractivity contribution in [3.05, 3.63) is 82.6 Å². The SMILES string of the molecule is CC12C=C(S(=O)(=O)c3ccccc3)C3C(C(S(=O)(=O)c4ccccc4)=C1)C32C. The van der Waals surface area contributed by atoms with Crippen molar-refractivity contribution in [1.82, 2.24) is 0 Å². The fraction of sp³-hybridized carbons (Fsp3) is 0.273. The Morgan fingerprint density at radius 3 is 1.32 bits per heavy atom. The summed E-state index contributed by atoms with van der Waals surface area (Å²) in [5, 5.41) is 0. The molecule has 2 aromatic rings. The predicted molar refractivity (Wildman–Crippen MR) is 107 cm³/mol. The quantitative estimate of drug-likeness (QED) is 0.762. The van der Waals surface area contributed by atoms with Crippen molar-refractivity contribution in [1.29, 1.82) is 0 Å². The van der Waals surface area contributed by atoms with E-state index in [0.717, 1.165) is 0 Å². The Hall–Kier alpha value is -2.18. The number of fused-ring (bicyclic) bond motifs is 1. The Labute approximate surface area is 165 Å². The number of sulfone groups is 2. The molecular weight excluding hydrogens is 392 g/mol. The van der Waals surface area contributed by atoms with Crippen molar-refractivity contribution in [3.8, 4) is 0 Å². The van der Waals surface area contributed by atoms with Gasteiger partial charge in [-0.2, -0.15) is 0 Å². The molecule has 3 aliphatic rings. The van der Waals surface area contributed by atoms with Crippen LogP contribution < -0.4 is 0 Å². The van der Waals surface area contributed by atoms with Gasteiger partial charge in [0.15, 0.2) is 0 Å². The van der Waals surface area contributed by atoms with Crippen LogP contribution in [-0.4, -0.2) is 16.8 Å². The molecule has 0 aliphatic heterocycles. The monoisotopic (exact) mass is 412 g/mol. The zero-order valence-corrected chi connectivity index (χ0v) is 17.2. The van der Waals surface area contributed by atoms with Crippen LogP contribution in [0.4, 0.5) is 0 Å². The molecule has 0 aromatic heterocycles. The van der Waals surface area contributed by atoms with Gasteiger partial charge in [-0.15, -0.1) is 0 Å². The third-order valence-electron chi connectivity index (χ3n) is 6.90. The minimum Gasteiger partial charge on any atom is -0.219 e. The molecule has 2 unspecified atom stereocenters. The van der Waals surface area contributed by atoms with E-state index in [1.165, 1.54) is 0 Å². The van der Waals surface area contributed by atoms with Gasteiger partial charge in [0.05, 0.1) is 19.6 Å². The van der Waals surface area contributed by atoms with Crippen molar-refractivity contribution in [2.75, 3.05) is 0 Å². The van der Waals surface area contributed by atoms with Crippen LogP contribution in [0.5, 0.6) is 0 Å². The summed E-state index contributed by atoms with van der Waals surface area (Å²) < 4.78 is 53.0. The highest BCUT2D eigenvalue weighted by atomic mass is 32.2. The van der Waals surface area contributed by atoms with E-state index in [1.807, 2.05) is 13.8 Å². The first-order valence-corrected chi connectivity index (χ1v) is 12.2. The average molecular weight is 413 g/mol. The molecule has 28 heavy (non-hydrogen) atoms. The second-order valence-corrected chi connectivity index (χ2v) is 12.1. The van der Waals surface area contributed by atoms with Gasteiger partial charge in [0, 0.05) is 17.3 Å². The molecule has 1 saturated carbocycles. The largest absolute Gasteiger partial charge is 0.219 e. The third-order valence-corrected chi connectivity index (χ3v) is 10.7. The molecule has 0 saturated heterocycles. The molecular formula is C22H20O4S2. The van der Waals surface area contributed by atoms with Gasteiger partial charge in [-0.25, -0.2) is 16.8 Å². The maximum atomic E-state index is 13.3. The summed E-state index contributed by atoms with van der Waals surface area (Å²) in [5.41, 5.74) is -0.988. The first kappa shape index (κ1) is 17.9. The van der Waals surface area contributed by atoms with Gasteiger partial charge in [-0.05, 0) is 29.7 Å². The van der Waals surface area contributed by atoms with Gasteiger partial charge in [-0.1, -0.05) is 62.4 Å². The minimum absolute atomic E-state index is 0.257. The summed E-state index contributed by atoms with van der Waals surface area (Å²) >= 11 is 0. The van der Waals surface area contributed by atoms with E-state index in [0.29, 0.717) is 9.81 Å². The maximum Gasteiger partial charge on any atom is 0.202 e. The highest BCUT2D eigenvalue weighted by Gasteiger charge is 2.80. The lowest BCUT2D eigenvalue weighted by Gasteiger charge is -2.23. The average Bonchev–Trinajstić information content (AvgIpc) is 3.20. The predicted octanol–water partition coefficient (Wildman–Crippen LogP) is 3.99. The number of hydrogen-bond acceptors (Lipinski definition) is 4. The fourth-order valence-corrected chi connectivity index (χ4v) is 8.99. The van der Waals surface area contributed by atoms with Crippen LogP contribution in [0.3, 0.4) is 0 Å². The molecule has 1 fully saturated rings. The van der Waals surface area contributed by atoms with E-state index in [9.17, 15) is 16.8 Å². The highest BCUT2D eigenvalue weighted by Crippen LogP contribution is 2.82. The molecule has 144 valence electrons. The molecule has 0 amide bonds. The standard InChI is InChI=1S/C22H20O4S2/c1-21-13-17(27(23,24)15-9-5-3-6-10-15)19-20(22(19,21)2)18(14-21)28(25,26)16-11-7-4-8-12-16/h3-14,19-20H,1-2H3. The molecule has 2 aromatic carbocycles. The maximum absolute atomic E-state index is 13.3. The van der Waals surface area contributed by atoms with Gasteiger partial charge in [0.2, 0.25) is 19.7 Å². The normalized spacial score (nSPS) is 33.2. The van der Waals surface area contributed by atoms with Crippen molar-refractivity contribution in [2.45, 2.75) is 23.6 Å². The summed E-state index contributed by atoms with van der Waals surface area (Å²) in [5.74, 6) is -0.581. The van der Waals surface area contributed by atoms with E-state index in [1.54, 1.807) is 72.8 Å². The Morgan fingerprint density at radius 2 is 1.00 bits per heavy atom. The van der Waals surface area contributed by atoms with Crippen LogP contribution in [0.25, 0.3) is 0 Å². The van der Waals surface area contributed by atoms with E-state index >= 15 is 0 Å². The summed E-state index contributed by atoms with van der Waals surface area (Å²) in [6, 6.07) is 16.7. The van der Waals surface area contributed by atoms with Gasteiger partial charge >= 0.3 is 0 Å². The summed E-state index contributed by atoms with van der Waals surface area (Å²) in [4.78, 5) is 1.24. The molecule has 0 N–H and O–H groups in total. The zero-order chi connectivity index (χ0) is 19.9. The molecule has 5 rings (SSSR count). The fourth-order valence-electron chi connectivity index (χ4n) is 5.19. The van der Waals surface area contributed by atoms with E-state index < -0.39 is 30.5 Å². The Kier molecular flexibility index (Phi) is 3.35. The molecule has 0 radical (unpaired) electrons. The summed E-state index contributed by atoms with van der Waals surface area (Å²) in [7, 11) is -7.30. The van der Waals surface area contributed by atoms with Crippen LogP contribution in [0, 0.1) is 22.7 Å². The summed E-state index contributed by atoms with van der Waals surface area (Å²) in [6.45, 7) is 3.96. The van der Waals surface area contributed by atoms with Gasteiger partial charge < -0.3 is 0 Å². The first-order chi connectivity index (χ1) is 13.1. The molecule has 3 aliphatic carbocycles. The van der Waals surface area contributed by atoms with Crippen LogP contribution in [0.1, 0.15) is 13.8 Å². The second kappa shape index (κ2) is 5.24. The Bertz CT molecular complexity index is 1160. The van der Waals surface area contributed by atoms with E-state index in [-0.39, 0.29) is 21.6 Å². The lowest BCUT2D eigenvalue weighted by Crippen LogP contribution is -2.18. The topological polar surface area (TPSA) is 68.3 Å². The smallest absolute Gasteiger partial charge is 0.202 e. The van der Waals surface area contributed by atoms with E-state index in [4.69, 9.17) is 0 Å². The van der Waals surface area contributed by atoms with Gasteiger partial charge in [0.25, 0.3) is 0 Å². The number of allylic oxidation sites excluding steroid dienone is 4. The lowest BCUT2D eigenvalue weighted by atomic mass is 9.79. The van der Waals surface area contributed by atoms with Crippen molar-refractivity contribution >= 4 is 19.7 Å². The van der Waals surface area contributed by atoms with Crippen LogP contribution in [0.15, 0.2) is 92.4 Å². The molecule has 0 heterocycles. The first-order valence-electron chi connectivity index (χ1n) is 9.20. The zero-order valence-electron chi connectivity index (χ0n) is 15.5. The summed E-state index contributed by atoms with van der Waals surface area (Å²) in [6.07, 6.45) is 3.56. The number of hydrogen-bond donors (Lipinski definition) is 0. The Morgan fingerprint density at radius 1 is 0.643 bits per heavy atom. The third kappa shape index (κ3) is 2.00.